The lowest BCUT2D eigenvalue weighted by Crippen LogP contribution is -2.42. The summed E-state index contributed by atoms with van der Waals surface area (Å²) in [6.45, 7) is 5.08. The lowest BCUT2D eigenvalue weighted by atomic mass is 10.0. The monoisotopic (exact) mass is 309 g/mol. The Morgan fingerprint density at radius 3 is 3.00 bits per heavy atom. The SMILES string of the molecule is CN(C)CCC1CN(Cc2nc3c(s2)CCCC3)CCO1. The van der Waals surface area contributed by atoms with Crippen molar-refractivity contribution >= 4 is 11.3 Å². The predicted molar refractivity (Wildman–Crippen MR) is 86.9 cm³/mol. The minimum Gasteiger partial charge on any atom is -0.376 e. The molecule has 0 radical (unpaired) electrons. The van der Waals surface area contributed by atoms with Crippen molar-refractivity contribution in [3.8, 4) is 0 Å². The number of morpholine rings is 1. The summed E-state index contributed by atoms with van der Waals surface area (Å²) < 4.78 is 5.89. The maximum atomic E-state index is 5.89. The van der Waals surface area contributed by atoms with Crippen LogP contribution in [0.1, 0.15) is 34.8 Å². The molecule has 118 valence electrons. The Kier molecular flexibility index (Phi) is 5.27. The summed E-state index contributed by atoms with van der Waals surface area (Å²) in [4.78, 5) is 11.2. The molecule has 0 saturated carbocycles. The zero-order valence-electron chi connectivity index (χ0n) is 13.3. The summed E-state index contributed by atoms with van der Waals surface area (Å²) in [5, 5.41) is 1.31. The van der Waals surface area contributed by atoms with Gasteiger partial charge in [-0.2, -0.15) is 0 Å². The predicted octanol–water partition coefficient (Wildman–Crippen LogP) is 2.17. The molecule has 1 aliphatic heterocycles. The van der Waals surface area contributed by atoms with Gasteiger partial charge in [-0.3, -0.25) is 4.90 Å². The molecular weight excluding hydrogens is 282 g/mol. The van der Waals surface area contributed by atoms with Crippen LogP contribution in [0.3, 0.4) is 0 Å². The number of hydrogen-bond donors (Lipinski definition) is 0. The van der Waals surface area contributed by atoms with Gasteiger partial charge in [0.25, 0.3) is 0 Å². The Hall–Kier alpha value is -0.490. The summed E-state index contributed by atoms with van der Waals surface area (Å²) >= 11 is 1.95. The normalized spacial score (nSPS) is 23.5. The number of aromatic nitrogens is 1. The van der Waals surface area contributed by atoms with Crippen LogP contribution in [-0.2, 0) is 24.1 Å². The van der Waals surface area contributed by atoms with Crippen molar-refractivity contribution in [2.75, 3.05) is 40.3 Å². The van der Waals surface area contributed by atoms with Crippen LogP contribution in [0.4, 0.5) is 0 Å². The molecule has 2 heterocycles. The molecule has 0 N–H and O–H groups in total. The summed E-state index contributed by atoms with van der Waals surface area (Å²) in [5.74, 6) is 0. The van der Waals surface area contributed by atoms with Crippen molar-refractivity contribution in [1.82, 2.24) is 14.8 Å². The number of rotatable bonds is 5. The molecule has 0 spiro atoms. The van der Waals surface area contributed by atoms with E-state index in [0.29, 0.717) is 6.10 Å². The Labute approximate surface area is 132 Å². The number of fused-ring (bicyclic) bond motifs is 1. The topological polar surface area (TPSA) is 28.6 Å². The Balaban J connectivity index is 1.53. The minimum atomic E-state index is 0.385. The second kappa shape index (κ2) is 7.18. The second-order valence-electron chi connectivity index (χ2n) is 6.50. The van der Waals surface area contributed by atoms with Gasteiger partial charge < -0.3 is 9.64 Å². The van der Waals surface area contributed by atoms with Crippen LogP contribution in [0.2, 0.25) is 0 Å². The van der Waals surface area contributed by atoms with Gasteiger partial charge in [0.1, 0.15) is 5.01 Å². The van der Waals surface area contributed by atoms with Crippen LogP contribution in [0.5, 0.6) is 0 Å². The Morgan fingerprint density at radius 1 is 1.33 bits per heavy atom. The third kappa shape index (κ3) is 4.25. The van der Waals surface area contributed by atoms with E-state index in [-0.39, 0.29) is 0 Å². The average molecular weight is 309 g/mol. The molecule has 1 aliphatic carbocycles. The highest BCUT2D eigenvalue weighted by atomic mass is 32.1. The summed E-state index contributed by atoms with van der Waals surface area (Å²) in [7, 11) is 4.25. The molecule has 1 saturated heterocycles. The highest BCUT2D eigenvalue weighted by Gasteiger charge is 2.22. The molecule has 1 aromatic rings. The number of thiazole rings is 1. The van der Waals surface area contributed by atoms with Gasteiger partial charge in [0.15, 0.2) is 0 Å². The minimum absolute atomic E-state index is 0.385. The zero-order valence-corrected chi connectivity index (χ0v) is 14.1. The van der Waals surface area contributed by atoms with Gasteiger partial charge in [0.2, 0.25) is 0 Å². The molecule has 3 rings (SSSR count). The number of aryl methyl sites for hydroxylation is 2. The maximum Gasteiger partial charge on any atom is 0.107 e. The highest BCUT2D eigenvalue weighted by Crippen LogP contribution is 2.27. The van der Waals surface area contributed by atoms with E-state index in [2.05, 4.69) is 23.9 Å². The van der Waals surface area contributed by atoms with E-state index in [4.69, 9.17) is 9.72 Å². The first-order valence-electron chi connectivity index (χ1n) is 8.17. The summed E-state index contributed by atoms with van der Waals surface area (Å²) in [5.41, 5.74) is 1.39. The molecule has 1 fully saturated rings. The molecule has 1 unspecified atom stereocenters. The summed E-state index contributed by atoms with van der Waals surface area (Å²) in [6, 6.07) is 0. The van der Waals surface area contributed by atoms with E-state index in [1.165, 1.54) is 36.4 Å². The van der Waals surface area contributed by atoms with Crippen molar-refractivity contribution in [3.63, 3.8) is 0 Å². The first-order valence-corrected chi connectivity index (χ1v) is 8.98. The smallest absolute Gasteiger partial charge is 0.107 e. The first-order chi connectivity index (χ1) is 10.2. The van der Waals surface area contributed by atoms with Gasteiger partial charge in [0.05, 0.1) is 24.9 Å². The largest absolute Gasteiger partial charge is 0.376 e. The molecule has 1 atom stereocenters. The summed E-state index contributed by atoms with van der Waals surface area (Å²) in [6.07, 6.45) is 6.62. The molecule has 1 aromatic heterocycles. The van der Waals surface area contributed by atoms with E-state index in [1.807, 2.05) is 11.3 Å². The third-order valence-electron chi connectivity index (χ3n) is 4.37. The van der Waals surface area contributed by atoms with Crippen molar-refractivity contribution in [2.45, 2.75) is 44.8 Å². The van der Waals surface area contributed by atoms with Crippen molar-refractivity contribution < 1.29 is 4.74 Å². The van der Waals surface area contributed by atoms with Crippen molar-refractivity contribution in [3.05, 3.63) is 15.6 Å². The Morgan fingerprint density at radius 2 is 2.19 bits per heavy atom. The van der Waals surface area contributed by atoms with Crippen molar-refractivity contribution in [2.24, 2.45) is 0 Å². The van der Waals surface area contributed by atoms with Crippen LogP contribution in [0.25, 0.3) is 0 Å². The molecule has 4 nitrogen and oxygen atoms in total. The number of nitrogens with zero attached hydrogens (tertiary/aromatic N) is 3. The average Bonchev–Trinajstić information content (AvgIpc) is 2.87. The molecule has 5 heteroatoms. The standard InChI is InChI=1S/C16H27N3OS/c1-18(2)8-7-13-11-19(9-10-20-13)12-16-17-14-5-3-4-6-15(14)21-16/h13H,3-12H2,1-2H3. The molecule has 2 aliphatic rings. The number of ether oxygens (including phenoxy) is 1. The van der Waals surface area contributed by atoms with E-state index >= 15 is 0 Å². The van der Waals surface area contributed by atoms with Gasteiger partial charge in [-0.05, 0) is 46.2 Å². The molecule has 0 bridgehead atoms. The zero-order chi connectivity index (χ0) is 14.7. The fraction of sp³-hybridized carbons (Fsp3) is 0.812. The molecule has 21 heavy (non-hydrogen) atoms. The van der Waals surface area contributed by atoms with Gasteiger partial charge in [-0.15, -0.1) is 11.3 Å². The quantitative estimate of drug-likeness (QED) is 0.833. The van der Waals surface area contributed by atoms with Crippen molar-refractivity contribution in [1.29, 1.82) is 0 Å². The highest BCUT2D eigenvalue weighted by molar-refractivity contribution is 7.11. The fourth-order valence-electron chi connectivity index (χ4n) is 3.17. The van der Waals surface area contributed by atoms with E-state index in [1.54, 1.807) is 4.88 Å². The van der Waals surface area contributed by atoms with E-state index < -0.39 is 0 Å². The third-order valence-corrected chi connectivity index (χ3v) is 5.51. The molecule has 0 amide bonds. The van der Waals surface area contributed by atoms with Crippen LogP contribution >= 0.6 is 11.3 Å². The Bertz CT molecular complexity index is 437. The van der Waals surface area contributed by atoms with Gasteiger partial charge >= 0.3 is 0 Å². The van der Waals surface area contributed by atoms with E-state index in [9.17, 15) is 0 Å². The van der Waals surface area contributed by atoms with Gasteiger partial charge in [0, 0.05) is 24.5 Å². The van der Waals surface area contributed by atoms with Gasteiger partial charge in [-0.1, -0.05) is 0 Å². The van der Waals surface area contributed by atoms with Crippen LogP contribution in [0.15, 0.2) is 0 Å². The second-order valence-corrected chi connectivity index (χ2v) is 7.67. The lowest BCUT2D eigenvalue weighted by Gasteiger charge is -2.32. The first kappa shape index (κ1) is 15.4. The fourth-order valence-corrected chi connectivity index (χ4v) is 4.36. The molecular formula is C16H27N3OS. The van der Waals surface area contributed by atoms with Gasteiger partial charge in [-0.25, -0.2) is 4.98 Å². The molecule has 0 aromatic carbocycles. The lowest BCUT2D eigenvalue weighted by molar-refractivity contribution is -0.0370. The number of hydrogen-bond acceptors (Lipinski definition) is 5. The van der Waals surface area contributed by atoms with Crippen LogP contribution in [0, 0.1) is 0 Å². The van der Waals surface area contributed by atoms with Crippen LogP contribution in [-0.4, -0.2) is 61.2 Å². The van der Waals surface area contributed by atoms with E-state index in [0.717, 1.165) is 39.2 Å². The maximum absolute atomic E-state index is 5.89. The van der Waals surface area contributed by atoms with Crippen LogP contribution < -0.4 is 0 Å².